The highest BCUT2D eigenvalue weighted by Gasteiger charge is 2.39. The molecule has 0 spiro atoms. The Morgan fingerprint density at radius 2 is 0.673 bits per heavy atom. The Balaban J connectivity index is 0.000000231. The number of hydrogen-bond donors (Lipinski definition) is 7. The highest BCUT2D eigenvalue weighted by atomic mass is 28.4. The number of aliphatic hydroxyl groups excluding tert-OH is 1. The number of carboxylic acid groups (broad SMARTS) is 1. The molecule has 10 aromatic rings. The summed E-state index contributed by atoms with van der Waals surface area (Å²) in [5.41, 5.74) is 32.9. The standard InChI is InChI=1S/C17H24N2O3Si.C14H23NO2Si.C14H22O2Si.C12H12N2O2.C11H8N2O4.C11H10N2O3/c1-17(2,3)23(4,5)21-11-12-6-8-13(9-7-12)14-10-15(16(18)20)22-19-14;1-14(2,3)18(4,5)17-11-13-8-6-12(7-9-13)10-15-16;1-14(2,3)17(4,5)16-11-13-8-6-12(10-15)7-9-13;1-2-8-3-5-9(6-4-8)10-7-11(12(13)15)16-14-10;12-10(14)9-5-8(13-17-9)6-1-3-7(4-2-6)11(15)16;12-11(15)10-5-9(13-16-10)8-3-1-7(6-14)2-4-8/h6-10H,11H2,1-5H3,(H2,18,20);6-10,16H,11H2,1-5H3;6-10H,11H2,1-5H3;3-7H,2H2,1H3,(H2,13,15);1-5H,(H2,12,14)(H,15,16);1-5,14H,6H2,(H2,12,15)/b;15-10+;;;;. The van der Waals surface area contributed by atoms with Crippen LogP contribution in [0.1, 0.15) is 166 Å². The van der Waals surface area contributed by atoms with Crippen molar-refractivity contribution < 1.29 is 75.6 Å². The van der Waals surface area contributed by atoms with Gasteiger partial charge in [0.2, 0.25) is 23.0 Å². The summed E-state index contributed by atoms with van der Waals surface area (Å²) in [6, 6.07) is 50.4. The van der Waals surface area contributed by atoms with Gasteiger partial charge in [0.25, 0.3) is 23.6 Å². The number of aldehydes is 1. The van der Waals surface area contributed by atoms with Crippen LogP contribution in [0.4, 0.5) is 0 Å². The Labute approximate surface area is 627 Å². The van der Waals surface area contributed by atoms with Crippen LogP contribution in [-0.4, -0.2) is 103 Å². The van der Waals surface area contributed by atoms with Gasteiger partial charge in [0.1, 0.15) is 29.1 Å². The van der Waals surface area contributed by atoms with E-state index in [9.17, 15) is 28.8 Å². The van der Waals surface area contributed by atoms with Crippen LogP contribution in [-0.2, 0) is 46.1 Å². The number of oxime groups is 1. The molecule has 0 aliphatic carbocycles. The zero-order valence-corrected chi connectivity index (χ0v) is 66.6. The Bertz CT molecular complexity index is 4430. The van der Waals surface area contributed by atoms with Crippen molar-refractivity contribution in [3.63, 3.8) is 0 Å². The minimum atomic E-state index is -1.75. The van der Waals surface area contributed by atoms with Crippen LogP contribution in [0.3, 0.4) is 0 Å². The van der Waals surface area contributed by atoms with Crippen LogP contribution in [0.2, 0.25) is 54.4 Å². The van der Waals surface area contributed by atoms with Gasteiger partial charge in [-0.1, -0.05) is 228 Å². The lowest BCUT2D eigenvalue weighted by molar-refractivity contribution is 0.0695. The summed E-state index contributed by atoms with van der Waals surface area (Å²) in [7, 11) is -5.12. The lowest BCUT2D eigenvalue weighted by atomic mass is 10.1. The van der Waals surface area contributed by atoms with E-state index in [1.54, 1.807) is 48.5 Å². The molecule has 0 saturated carbocycles. The van der Waals surface area contributed by atoms with Crippen molar-refractivity contribution in [2.45, 2.75) is 156 Å². The van der Waals surface area contributed by atoms with Gasteiger partial charge in [0.15, 0.2) is 25.0 Å². The highest BCUT2D eigenvalue weighted by Crippen LogP contribution is 2.39. The predicted octanol–water partition coefficient (Wildman–Crippen LogP) is 16.1. The number of carboxylic acids is 1. The molecule has 28 heteroatoms. The number of aliphatic hydroxyl groups is 1. The third kappa shape index (κ3) is 26.9. The molecule has 11 N–H and O–H groups in total. The summed E-state index contributed by atoms with van der Waals surface area (Å²) in [5, 5.41) is 44.7. The van der Waals surface area contributed by atoms with Crippen LogP contribution >= 0.6 is 0 Å². The zero-order chi connectivity index (χ0) is 79.7. The van der Waals surface area contributed by atoms with Crippen LogP contribution < -0.4 is 22.9 Å². The van der Waals surface area contributed by atoms with Crippen LogP contribution in [0.15, 0.2) is 193 Å². The molecule has 10 rings (SSSR count). The average Bonchev–Trinajstić information content (AvgIpc) is 1.29. The maximum atomic E-state index is 11.0. The van der Waals surface area contributed by atoms with E-state index >= 15 is 0 Å². The second-order valence-electron chi connectivity index (χ2n) is 29.2. The summed E-state index contributed by atoms with van der Waals surface area (Å²) < 4.78 is 37.6. The van der Waals surface area contributed by atoms with Crippen molar-refractivity contribution in [2.24, 2.45) is 28.1 Å². The minimum Gasteiger partial charge on any atom is -0.478 e. The maximum absolute atomic E-state index is 11.0. The smallest absolute Gasteiger partial charge is 0.335 e. The van der Waals surface area contributed by atoms with Crippen molar-refractivity contribution in [1.29, 1.82) is 0 Å². The second-order valence-corrected chi connectivity index (χ2v) is 43.7. The van der Waals surface area contributed by atoms with E-state index in [2.05, 4.69) is 134 Å². The molecule has 0 saturated heterocycles. The zero-order valence-electron chi connectivity index (χ0n) is 63.6. The van der Waals surface area contributed by atoms with Gasteiger partial charge in [-0.05, 0) is 106 Å². The number of hydrogen-bond acceptors (Lipinski definition) is 20. The molecule has 6 aromatic carbocycles. The minimum absolute atomic E-state index is 0.00830. The third-order valence-electron chi connectivity index (χ3n) is 18.3. The molecular weight excluding hydrogens is 1420 g/mol. The van der Waals surface area contributed by atoms with E-state index < -0.39 is 54.6 Å². The molecule has 25 nitrogen and oxygen atoms in total. The lowest BCUT2D eigenvalue weighted by Gasteiger charge is -2.36. The van der Waals surface area contributed by atoms with Gasteiger partial charge in [-0.15, -0.1) is 0 Å². The maximum Gasteiger partial charge on any atom is 0.335 e. The van der Waals surface area contributed by atoms with E-state index in [1.165, 1.54) is 36.0 Å². The number of nitrogens with two attached hydrogens (primary N) is 4. The molecular formula is C79H99N9O16Si3. The summed E-state index contributed by atoms with van der Waals surface area (Å²) in [6.07, 6.45) is 3.27. The van der Waals surface area contributed by atoms with E-state index in [-0.39, 0.29) is 50.3 Å². The largest absolute Gasteiger partial charge is 0.478 e. The number of amides is 4. The number of aromatic carboxylic acids is 1. The fourth-order valence-corrected chi connectivity index (χ4v) is 11.1. The fourth-order valence-electron chi connectivity index (χ4n) is 8.26. The van der Waals surface area contributed by atoms with Crippen molar-refractivity contribution in [3.8, 4) is 45.0 Å². The first-order valence-electron chi connectivity index (χ1n) is 34.1. The molecule has 4 aromatic heterocycles. The van der Waals surface area contributed by atoms with E-state index in [1.807, 2.05) is 97.1 Å². The number of benzene rings is 6. The van der Waals surface area contributed by atoms with Crippen LogP contribution in [0.5, 0.6) is 0 Å². The van der Waals surface area contributed by atoms with Gasteiger partial charge < -0.3 is 69.7 Å². The van der Waals surface area contributed by atoms with E-state index in [0.29, 0.717) is 53.7 Å². The van der Waals surface area contributed by atoms with Gasteiger partial charge >= 0.3 is 5.97 Å². The van der Waals surface area contributed by atoms with Crippen molar-refractivity contribution in [3.05, 3.63) is 237 Å². The molecule has 0 fully saturated rings. The van der Waals surface area contributed by atoms with E-state index in [4.69, 9.17) is 69.7 Å². The average molecular weight is 1510 g/mol. The fraction of sp³-hybridized carbons (Fsp3) is 0.304. The van der Waals surface area contributed by atoms with Crippen LogP contribution in [0, 0.1) is 0 Å². The summed E-state index contributed by atoms with van der Waals surface area (Å²) in [6.45, 7) is 37.5. The first-order valence-corrected chi connectivity index (χ1v) is 42.8. The second kappa shape index (κ2) is 38.9. The normalized spacial score (nSPS) is 11.6. The number of carbonyl (C=O) groups is 6. The molecule has 568 valence electrons. The van der Waals surface area contributed by atoms with Gasteiger partial charge in [-0.2, -0.15) is 0 Å². The Morgan fingerprint density at radius 3 is 0.897 bits per heavy atom. The molecule has 0 bridgehead atoms. The molecule has 4 amide bonds. The van der Waals surface area contributed by atoms with E-state index in [0.717, 1.165) is 57.2 Å². The molecule has 4 heterocycles. The third-order valence-corrected chi connectivity index (χ3v) is 31.7. The van der Waals surface area contributed by atoms with Crippen molar-refractivity contribution in [1.82, 2.24) is 20.6 Å². The summed E-state index contributed by atoms with van der Waals surface area (Å²) in [5.74, 6) is -3.46. The number of rotatable bonds is 22. The predicted molar refractivity (Wildman–Crippen MR) is 418 cm³/mol. The molecule has 0 unspecified atom stereocenters. The number of primary amides is 4. The summed E-state index contributed by atoms with van der Waals surface area (Å²) >= 11 is 0. The molecule has 0 aliphatic heterocycles. The van der Waals surface area contributed by atoms with Gasteiger partial charge in [0, 0.05) is 52.1 Å². The number of carbonyl (C=O) groups excluding carboxylic acids is 5. The molecule has 0 radical (unpaired) electrons. The number of nitrogens with zero attached hydrogens (tertiary/aromatic N) is 5. The van der Waals surface area contributed by atoms with Crippen molar-refractivity contribution >= 4 is 67.1 Å². The number of aryl methyl sites for hydroxylation is 1. The molecule has 0 atom stereocenters. The topological polar surface area (TPSA) is 411 Å². The highest BCUT2D eigenvalue weighted by molar-refractivity contribution is 6.74. The van der Waals surface area contributed by atoms with Crippen molar-refractivity contribution in [2.75, 3.05) is 0 Å². The summed E-state index contributed by atoms with van der Waals surface area (Å²) in [4.78, 5) is 64.7. The Morgan fingerprint density at radius 1 is 0.421 bits per heavy atom. The van der Waals surface area contributed by atoms with Gasteiger partial charge in [0.05, 0.1) is 38.2 Å². The van der Waals surface area contributed by atoms with Crippen LogP contribution in [0.25, 0.3) is 45.0 Å². The van der Waals surface area contributed by atoms with Gasteiger partial charge in [-0.25, -0.2) is 4.79 Å². The molecule has 107 heavy (non-hydrogen) atoms. The monoisotopic (exact) mass is 1510 g/mol. The number of aromatic nitrogens is 4. The first-order chi connectivity index (χ1) is 50.1. The Hall–Kier alpha value is -10.9. The molecule has 0 aliphatic rings. The quantitative estimate of drug-likeness (QED) is 0.0109. The lowest BCUT2D eigenvalue weighted by Crippen LogP contribution is -2.40. The van der Waals surface area contributed by atoms with Gasteiger partial charge in [-0.3, -0.25) is 24.0 Å². The Kier molecular flexibility index (Phi) is 31.6. The SMILES string of the molecule is CC(C)(C)[Si](C)(C)OCc1ccc(-c2cc(C(N)=O)on2)cc1.CC(C)(C)[Si](C)(C)OCc1ccc(/C=N/O)cc1.CC(C)(C)[Si](C)(C)OCc1ccc(C=O)cc1.CCc1ccc(-c2cc(C(N)=O)on2)cc1.NC(=O)c1cc(-c2ccc(C(=O)O)cc2)no1.NC(=O)c1cc(-c2ccc(CO)cc2)no1. The first kappa shape index (κ1) is 86.8.